The van der Waals surface area contributed by atoms with Crippen LogP contribution >= 0.6 is 0 Å². The van der Waals surface area contributed by atoms with E-state index in [2.05, 4.69) is 10.5 Å². The molecule has 3 aromatic rings. The number of rotatable bonds is 9. The third-order valence-corrected chi connectivity index (χ3v) is 6.26. The number of hydrogen-bond donors (Lipinski definition) is 1. The van der Waals surface area contributed by atoms with Gasteiger partial charge in [0.15, 0.2) is 0 Å². The quantitative estimate of drug-likeness (QED) is 0.293. The number of non-ortho nitro benzene ring substituents is 1. The Morgan fingerprint density at radius 1 is 1.06 bits per heavy atom. The predicted molar refractivity (Wildman–Crippen MR) is 119 cm³/mol. The molecule has 9 nitrogen and oxygen atoms in total. The van der Waals surface area contributed by atoms with Crippen molar-refractivity contribution >= 4 is 27.8 Å². The van der Waals surface area contributed by atoms with Crippen LogP contribution in [0.3, 0.4) is 0 Å². The van der Waals surface area contributed by atoms with Crippen molar-refractivity contribution in [2.75, 3.05) is 6.54 Å². The van der Waals surface area contributed by atoms with Gasteiger partial charge in [-0.3, -0.25) is 14.9 Å². The number of benzene rings is 3. The fraction of sp³-hybridized carbons (Fsp3) is 0.0909. The van der Waals surface area contributed by atoms with Crippen LogP contribution in [0.4, 0.5) is 10.1 Å². The van der Waals surface area contributed by atoms with Gasteiger partial charge in [0.25, 0.3) is 11.6 Å². The first-order valence-corrected chi connectivity index (χ1v) is 11.1. The van der Waals surface area contributed by atoms with E-state index < -0.39 is 33.2 Å². The van der Waals surface area contributed by atoms with E-state index >= 15 is 0 Å². The van der Waals surface area contributed by atoms with Gasteiger partial charge in [-0.25, -0.2) is 18.2 Å². The summed E-state index contributed by atoms with van der Waals surface area (Å²) < 4.78 is 40.4. The lowest BCUT2D eigenvalue weighted by Gasteiger charge is -2.21. The Labute approximate surface area is 189 Å². The average Bonchev–Trinajstić information content (AvgIpc) is 2.81. The van der Waals surface area contributed by atoms with Crippen molar-refractivity contribution in [3.05, 3.63) is 106 Å². The zero-order valence-corrected chi connectivity index (χ0v) is 18.0. The summed E-state index contributed by atoms with van der Waals surface area (Å²) in [5.41, 5.74) is 2.96. The largest absolute Gasteiger partial charge is 0.272 e. The molecule has 0 heterocycles. The van der Waals surface area contributed by atoms with E-state index in [1.165, 1.54) is 60.8 Å². The summed E-state index contributed by atoms with van der Waals surface area (Å²) in [6.45, 7) is -0.722. The molecule has 0 atom stereocenters. The Balaban J connectivity index is 1.76. The van der Waals surface area contributed by atoms with Gasteiger partial charge in [0, 0.05) is 24.2 Å². The minimum atomic E-state index is -4.04. The Bertz CT molecular complexity index is 1270. The summed E-state index contributed by atoms with van der Waals surface area (Å²) in [5.74, 6) is -1.19. The van der Waals surface area contributed by atoms with Gasteiger partial charge in [0.05, 0.1) is 22.6 Å². The van der Waals surface area contributed by atoms with Crippen molar-refractivity contribution in [3.8, 4) is 0 Å². The summed E-state index contributed by atoms with van der Waals surface area (Å²) in [6, 6.07) is 18.5. The van der Waals surface area contributed by atoms with Crippen molar-refractivity contribution in [2.24, 2.45) is 5.10 Å². The van der Waals surface area contributed by atoms with Gasteiger partial charge >= 0.3 is 0 Å². The van der Waals surface area contributed by atoms with Gasteiger partial charge in [-0.15, -0.1) is 0 Å². The zero-order valence-electron chi connectivity index (χ0n) is 17.2. The number of nitro benzene ring substituents is 1. The van der Waals surface area contributed by atoms with E-state index in [1.807, 2.05) is 0 Å². The molecule has 170 valence electrons. The maximum absolute atomic E-state index is 13.2. The second-order valence-corrected chi connectivity index (χ2v) is 8.80. The standard InChI is InChI=1S/C22H19FN4O5S/c23-19-11-9-17(10-12-19)15-26(33(31,32)21-7-2-1-3-8-21)16-22(28)25-24-14-18-5-4-6-20(13-18)27(29)30/h1-14H,15-16H2,(H,25,28)/b24-14-. The number of hydrazone groups is 1. The number of carbonyl (C=O) groups is 1. The Morgan fingerprint density at radius 3 is 2.42 bits per heavy atom. The minimum Gasteiger partial charge on any atom is -0.272 e. The lowest BCUT2D eigenvalue weighted by atomic mass is 10.2. The van der Waals surface area contributed by atoms with Crippen LogP contribution in [0.5, 0.6) is 0 Å². The molecule has 11 heteroatoms. The molecule has 0 saturated carbocycles. The molecule has 1 amide bonds. The smallest absolute Gasteiger partial charge is 0.270 e. The van der Waals surface area contributed by atoms with Crippen LogP contribution in [-0.2, 0) is 21.4 Å². The zero-order chi connectivity index (χ0) is 23.8. The molecule has 1 N–H and O–H groups in total. The molecule has 0 aliphatic heterocycles. The number of nitrogens with one attached hydrogen (secondary N) is 1. The minimum absolute atomic E-state index is 0.00000744. The molecule has 33 heavy (non-hydrogen) atoms. The number of amides is 1. The molecule has 0 fully saturated rings. The normalized spacial score (nSPS) is 11.6. The molecule has 0 radical (unpaired) electrons. The van der Waals surface area contributed by atoms with Gasteiger partial charge in [0.2, 0.25) is 10.0 Å². The highest BCUT2D eigenvalue weighted by atomic mass is 32.2. The predicted octanol–water partition coefficient (Wildman–Crippen LogP) is 3.08. The van der Waals surface area contributed by atoms with Gasteiger partial charge in [-0.2, -0.15) is 9.41 Å². The molecule has 3 rings (SSSR count). The van der Waals surface area contributed by atoms with Crippen LogP contribution in [-0.4, -0.2) is 36.3 Å². The topological polar surface area (TPSA) is 122 Å². The molecule has 0 aromatic heterocycles. The van der Waals surface area contributed by atoms with E-state index in [1.54, 1.807) is 24.3 Å². The van der Waals surface area contributed by atoms with Crippen LogP contribution in [0.25, 0.3) is 0 Å². The Hall–Kier alpha value is -3.96. The highest BCUT2D eigenvalue weighted by Gasteiger charge is 2.26. The fourth-order valence-electron chi connectivity index (χ4n) is 2.85. The van der Waals surface area contributed by atoms with Crippen molar-refractivity contribution in [3.63, 3.8) is 0 Å². The van der Waals surface area contributed by atoms with E-state index in [-0.39, 0.29) is 17.1 Å². The van der Waals surface area contributed by atoms with Gasteiger partial charge in [-0.05, 0) is 29.8 Å². The number of halogens is 1. The molecule has 3 aromatic carbocycles. The summed E-state index contributed by atoms with van der Waals surface area (Å²) >= 11 is 0. The third kappa shape index (κ3) is 6.51. The van der Waals surface area contributed by atoms with Crippen molar-refractivity contribution in [2.45, 2.75) is 11.4 Å². The van der Waals surface area contributed by atoms with Crippen LogP contribution in [0, 0.1) is 15.9 Å². The van der Waals surface area contributed by atoms with Crippen LogP contribution in [0.2, 0.25) is 0 Å². The highest BCUT2D eigenvalue weighted by molar-refractivity contribution is 7.89. The Kier molecular flexibility index (Phi) is 7.59. The molecule has 0 spiro atoms. The molecule has 0 unspecified atom stereocenters. The average molecular weight is 470 g/mol. The second kappa shape index (κ2) is 10.6. The number of hydrogen-bond acceptors (Lipinski definition) is 6. The lowest BCUT2D eigenvalue weighted by molar-refractivity contribution is -0.384. The van der Waals surface area contributed by atoms with Gasteiger partial charge in [-0.1, -0.05) is 42.5 Å². The number of nitro groups is 1. The fourth-order valence-corrected chi connectivity index (χ4v) is 4.26. The molecular formula is C22H19FN4O5S. The first-order chi connectivity index (χ1) is 15.8. The SMILES string of the molecule is O=C(CN(Cc1ccc(F)cc1)S(=O)(=O)c1ccccc1)N/N=C\c1cccc([N+](=O)[O-])c1. The first-order valence-electron chi connectivity index (χ1n) is 9.62. The van der Waals surface area contributed by atoms with Crippen LogP contribution in [0.15, 0.2) is 88.9 Å². The summed E-state index contributed by atoms with van der Waals surface area (Å²) in [4.78, 5) is 22.7. The van der Waals surface area contributed by atoms with Gasteiger partial charge < -0.3 is 0 Å². The first kappa shape index (κ1) is 23.7. The second-order valence-electron chi connectivity index (χ2n) is 6.86. The molecular weight excluding hydrogens is 451 g/mol. The maximum atomic E-state index is 13.2. The van der Waals surface area contributed by atoms with Crippen LogP contribution in [0.1, 0.15) is 11.1 Å². The van der Waals surface area contributed by atoms with Gasteiger partial charge in [0.1, 0.15) is 5.82 Å². The third-order valence-electron chi connectivity index (χ3n) is 4.46. The monoisotopic (exact) mass is 470 g/mol. The lowest BCUT2D eigenvalue weighted by Crippen LogP contribution is -2.39. The number of sulfonamides is 1. The number of nitrogens with zero attached hydrogens (tertiary/aromatic N) is 3. The molecule has 0 aliphatic rings. The van der Waals surface area contributed by atoms with Crippen molar-refractivity contribution in [1.29, 1.82) is 0 Å². The molecule has 0 bridgehead atoms. The van der Waals surface area contributed by atoms with Crippen LogP contribution < -0.4 is 5.43 Å². The van der Waals surface area contributed by atoms with E-state index in [9.17, 15) is 27.7 Å². The molecule has 0 saturated heterocycles. The maximum Gasteiger partial charge on any atom is 0.270 e. The number of carbonyl (C=O) groups excluding carboxylic acids is 1. The van der Waals surface area contributed by atoms with Crippen molar-refractivity contribution < 1.29 is 22.5 Å². The van der Waals surface area contributed by atoms with E-state index in [0.29, 0.717) is 11.1 Å². The Morgan fingerprint density at radius 2 is 1.76 bits per heavy atom. The highest BCUT2D eigenvalue weighted by Crippen LogP contribution is 2.18. The summed E-state index contributed by atoms with van der Waals surface area (Å²) in [7, 11) is -4.04. The summed E-state index contributed by atoms with van der Waals surface area (Å²) in [6.07, 6.45) is 1.21. The van der Waals surface area contributed by atoms with E-state index in [0.717, 1.165) is 4.31 Å². The molecule has 0 aliphatic carbocycles. The van der Waals surface area contributed by atoms with E-state index in [4.69, 9.17) is 0 Å². The van der Waals surface area contributed by atoms with Crippen molar-refractivity contribution in [1.82, 2.24) is 9.73 Å². The summed E-state index contributed by atoms with van der Waals surface area (Å²) in [5, 5.41) is 14.6.